The number of anilines is 1. The average Bonchev–Trinajstić information content (AvgIpc) is 3.22. The number of esters is 1. The molecule has 0 bridgehead atoms. The van der Waals surface area contributed by atoms with Gasteiger partial charge in [0.1, 0.15) is 0 Å². The summed E-state index contributed by atoms with van der Waals surface area (Å²) >= 11 is 11.9. The zero-order valence-corrected chi connectivity index (χ0v) is 19.1. The molecule has 33 heavy (non-hydrogen) atoms. The lowest BCUT2D eigenvalue weighted by Gasteiger charge is -2.07. The molecule has 4 aromatic rings. The molecule has 0 saturated heterocycles. The summed E-state index contributed by atoms with van der Waals surface area (Å²) in [4.78, 5) is 33.7. The van der Waals surface area contributed by atoms with Crippen molar-refractivity contribution in [3.05, 3.63) is 81.6 Å². The van der Waals surface area contributed by atoms with Gasteiger partial charge in [-0.25, -0.2) is 9.78 Å². The number of halogens is 2. The van der Waals surface area contributed by atoms with E-state index in [1.165, 1.54) is 18.2 Å². The summed E-state index contributed by atoms with van der Waals surface area (Å²) < 4.78 is 6.83. The number of carbonyl (C=O) groups is 2. The molecule has 2 heterocycles. The van der Waals surface area contributed by atoms with E-state index >= 15 is 0 Å². The van der Waals surface area contributed by atoms with Crippen molar-refractivity contribution >= 4 is 52.1 Å². The van der Waals surface area contributed by atoms with Crippen LogP contribution >= 0.6 is 23.2 Å². The molecular formula is C23H19Cl2N5O3. The van der Waals surface area contributed by atoms with Gasteiger partial charge in [-0.15, -0.1) is 0 Å². The van der Waals surface area contributed by atoms with Crippen molar-refractivity contribution in [2.45, 2.75) is 19.9 Å². The highest BCUT2D eigenvalue weighted by Crippen LogP contribution is 2.23. The second-order valence-corrected chi connectivity index (χ2v) is 7.88. The molecule has 2 aromatic carbocycles. The van der Waals surface area contributed by atoms with Crippen LogP contribution in [0.1, 0.15) is 33.3 Å². The molecule has 0 saturated carbocycles. The van der Waals surface area contributed by atoms with Crippen LogP contribution in [0.25, 0.3) is 11.0 Å². The predicted molar refractivity (Wildman–Crippen MR) is 126 cm³/mol. The van der Waals surface area contributed by atoms with Crippen molar-refractivity contribution < 1.29 is 14.3 Å². The molecule has 0 aliphatic carbocycles. The van der Waals surface area contributed by atoms with Gasteiger partial charge in [-0.05, 0) is 37.1 Å². The maximum atomic E-state index is 12.7. The van der Waals surface area contributed by atoms with Gasteiger partial charge < -0.3 is 4.74 Å². The van der Waals surface area contributed by atoms with Crippen LogP contribution in [0.5, 0.6) is 0 Å². The summed E-state index contributed by atoms with van der Waals surface area (Å²) in [5, 5.41) is 8.06. The fourth-order valence-corrected chi connectivity index (χ4v) is 3.48. The Morgan fingerprint density at radius 3 is 2.58 bits per heavy atom. The summed E-state index contributed by atoms with van der Waals surface area (Å²) in [6, 6.07) is 14.4. The summed E-state index contributed by atoms with van der Waals surface area (Å²) in [5.41, 5.74) is 1.71. The highest BCUT2D eigenvalue weighted by atomic mass is 35.5. The van der Waals surface area contributed by atoms with E-state index < -0.39 is 11.9 Å². The number of benzene rings is 2. The summed E-state index contributed by atoms with van der Waals surface area (Å²) in [6.45, 7) is 2.46. The Kier molecular flexibility index (Phi) is 6.86. The standard InChI is InChI=1S/C23H19Cl2N5O3/c1-2-33-22(32)19-16-13-30(11-10-14-6-4-3-5-7-14)29-20(16)27-23(26-19)28-21(31)15-8-9-17(24)18(25)12-15/h3-9,12-13H,2,10-11H2,1H3,(H,27,28,29,31). The number of nitrogens with one attached hydrogen (secondary N) is 1. The minimum Gasteiger partial charge on any atom is -0.461 e. The average molecular weight is 484 g/mol. The van der Waals surface area contributed by atoms with E-state index in [0.29, 0.717) is 17.0 Å². The number of fused-ring (bicyclic) bond motifs is 1. The Hall–Kier alpha value is -3.49. The maximum absolute atomic E-state index is 12.7. The molecule has 168 valence electrons. The molecule has 0 aliphatic rings. The molecule has 0 unspecified atom stereocenters. The normalized spacial score (nSPS) is 10.9. The molecule has 1 amide bonds. The number of hydrogen-bond acceptors (Lipinski definition) is 6. The summed E-state index contributed by atoms with van der Waals surface area (Å²) in [5.74, 6) is -1.21. The number of rotatable bonds is 7. The topological polar surface area (TPSA) is 99.0 Å². The first kappa shape index (κ1) is 22.7. The van der Waals surface area contributed by atoms with Crippen molar-refractivity contribution in [3.8, 4) is 0 Å². The van der Waals surface area contributed by atoms with Gasteiger partial charge in [-0.1, -0.05) is 53.5 Å². The smallest absolute Gasteiger partial charge is 0.357 e. The van der Waals surface area contributed by atoms with Gasteiger partial charge in [0.2, 0.25) is 5.95 Å². The Morgan fingerprint density at radius 1 is 1.06 bits per heavy atom. The van der Waals surface area contributed by atoms with Crippen LogP contribution in [0, 0.1) is 0 Å². The quantitative estimate of drug-likeness (QED) is 0.378. The molecule has 0 spiro atoms. The molecule has 0 aliphatic heterocycles. The lowest BCUT2D eigenvalue weighted by Crippen LogP contribution is -2.16. The summed E-state index contributed by atoms with van der Waals surface area (Å²) in [7, 11) is 0. The molecule has 10 heteroatoms. The highest BCUT2D eigenvalue weighted by molar-refractivity contribution is 6.42. The van der Waals surface area contributed by atoms with Crippen LogP contribution in [0.4, 0.5) is 5.95 Å². The van der Waals surface area contributed by atoms with E-state index in [-0.39, 0.29) is 34.5 Å². The van der Waals surface area contributed by atoms with Gasteiger partial charge >= 0.3 is 5.97 Å². The van der Waals surface area contributed by atoms with Crippen LogP contribution in [-0.4, -0.2) is 38.2 Å². The fraction of sp³-hybridized carbons (Fsp3) is 0.174. The second kappa shape index (κ2) is 9.97. The third-order valence-corrected chi connectivity index (χ3v) is 5.51. The first-order chi connectivity index (χ1) is 15.9. The molecule has 4 rings (SSSR count). The van der Waals surface area contributed by atoms with E-state index in [9.17, 15) is 9.59 Å². The zero-order chi connectivity index (χ0) is 23.4. The Morgan fingerprint density at radius 2 is 1.85 bits per heavy atom. The third kappa shape index (κ3) is 5.30. The van der Waals surface area contributed by atoms with E-state index in [4.69, 9.17) is 27.9 Å². The Bertz CT molecular complexity index is 1320. The summed E-state index contributed by atoms with van der Waals surface area (Å²) in [6.07, 6.45) is 2.45. The van der Waals surface area contributed by atoms with Crippen LogP contribution in [0.3, 0.4) is 0 Å². The van der Waals surface area contributed by atoms with Crippen molar-refractivity contribution in [2.24, 2.45) is 0 Å². The molecule has 1 N–H and O–H groups in total. The Balaban J connectivity index is 1.64. The maximum Gasteiger partial charge on any atom is 0.357 e. The van der Waals surface area contributed by atoms with Gasteiger partial charge in [-0.2, -0.15) is 10.1 Å². The lowest BCUT2D eigenvalue weighted by molar-refractivity contribution is 0.0521. The molecule has 8 nitrogen and oxygen atoms in total. The van der Waals surface area contributed by atoms with Crippen LogP contribution in [0.15, 0.2) is 54.7 Å². The van der Waals surface area contributed by atoms with Crippen molar-refractivity contribution in [2.75, 3.05) is 11.9 Å². The van der Waals surface area contributed by atoms with Crippen LogP contribution in [0.2, 0.25) is 10.0 Å². The first-order valence-electron chi connectivity index (χ1n) is 10.2. The largest absolute Gasteiger partial charge is 0.461 e. The van der Waals surface area contributed by atoms with Gasteiger partial charge in [0, 0.05) is 18.3 Å². The monoisotopic (exact) mass is 483 g/mol. The van der Waals surface area contributed by atoms with Crippen molar-refractivity contribution in [3.63, 3.8) is 0 Å². The second-order valence-electron chi connectivity index (χ2n) is 7.06. The van der Waals surface area contributed by atoms with E-state index in [1.54, 1.807) is 17.8 Å². The minimum absolute atomic E-state index is 0.0252. The number of nitrogens with zero attached hydrogens (tertiary/aromatic N) is 4. The SMILES string of the molecule is CCOC(=O)c1nc(NC(=O)c2ccc(Cl)c(Cl)c2)nc2nn(CCc3ccccc3)cc12. The van der Waals surface area contributed by atoms with Gasteiger partial charge in [0.05, 0.1) is 22.0 Å². The first-order valence-corrected chi connectivity index (χ1v) is 10.9. The van der Waals surface area contributed by atoms with E-state index in [2.05, 4.69) is 20.4 Å². The van der Waals surface area contributed by atoms with Crippen molar-refractivity contribution in [1.82, 2.24) is 19.7 Å². The molecule has 2 aromatic heterocycles. The van der Waals surface area contributed by atoms with Crippen LogP contribution < -0.4 is 5.32 Å². The van der Waals surface area contributed by atoms with E-state index in [1.807, 2.05) is 30.3 Å². The van der Waals surface area contributed by atoms with Crippen LogP contribution in [-0.2, 0) is 17.7 Å². The number of amides is 1. The van der Waals surface area contributed by atoms with Gasteiger partial charge in [-0.3, -0.25) is 14.8 Å². The molecular weight excluding hydrogens is 465 g/mol. The number of aryl methyl sites for hydroxylation is 2. The molecule has 0 fully saturated rings. The zero-order valence-electron chi connectivity index (χ0n) is 17.6. The lowest BCUT2D eigenvalue weighted by atomic mass is 10.1. The molecule has 0 radical (unpaired) electrons. The number of aromatic nitrogens is 4. The van der Waals surface area contributed by atoms with E-state index in [0.717, 1.165) is 12.0 Å². The highest BCUT2D eigenvalue weighted by Gasteiger charge is 2.20. The number of carbonyl (C=O) groups excluding carboxylic acids is 2. The Labute approximate surface area is 199 Å². The fourth-order valence-electron chi connectivity index (χ4n) is 3.18. The predicted octanol–water partition coefficient (Wildman–Crippen LogP) is 4.80. The number of hydrogen-bond donors (Lipinski definition) is 1. The minimum atomic E-state index is -0.627. The van der Waals surface area contributed by atoms with Gasteiger partial charge in [0.25, 0.3) is 5.91 Å². The van der Waals surface area contributed by atoms with Gasteiger partial charge in [0.15, 0.2) is 11.3 Å². The number of ether oxygens (including phenoxy) is 1. The molecule has 0 atom stereocenters. The van der Waals surface area contributed by atoms with Crippen molar-refractivity contribution in [1.29, 1.82) is 0 Å². The third-order valence-electron chi connectivity index (χ3n) is 4.78.